The molecule has 1 aromatic rings. The van der Waals surface area contributed by atoms with Gasteiger partial charge in [-0.05, 0) is 43.4 Å². The van der Waals surface area contributed by atoms with E-state index in [0.717, 1.165) is 18.4 Å². The molecule has 0 heterocycles. The smallest absolute Gasteiger partial charge is 0.261 e. The number of nitrogens with one attached hydrogen (secondary N) is 1. The number of aryl methyl sites for hydroxylation is 1. The molecule has 0 aliphatic rings. The van der Waals surface area contributed by atoms with Gasteiger partial charge in [0.05, 0.1) is 4.90 Å². The van der Waals surface area contributed by atoms with Crippen molar-refractivity contribution in [2.45, 2.75) is 51.0 Å². The molecule has 1 N–H and O–H groups in total. The van der Waals surface area contributed by atoms with E-state index in [1.54, 1.807) is 12.1 Å². The predicted octanol–water partition coefficient (Wildman–Crippen LogP) is 3.10. The fourth-order valence-corrected chi connectivity index (χ4v) is 2.75. The van der Waals surface area contributed by atoms with Crippen molar-refractivity contribution in [3.05, 3.63) is 29.8 Å². The summed E-state index contributed by atoms with van der Waals surface area (Å²) in [5, 5.41) is 2.96. The molecule has 0 radical (unpaired) electrons. The zero-order valence-corrected chi connectivity index (χ0v) is 14.2. The van der Waals surface area contributed by atoms with Gasteiger partial charge in [0.25, 0.3) is 9.05 Å². The van der Waals surface area contributed by atoms with E-state index in [4.69, 9.17) is 10.7 Å². The van der Waals surface area contributed by atoms with E-state index in [0.29, 0.717) is 12.3 Å². The Bertz CT molecular complexity index is 567. The summed E-state index contributed by atoms with van der Waals surface area (Å²) in [6, 6.07) is 6.59. The predicted molar refractivity (Wildman–Crippen MR) is 84.9 cm³/mol. The van der Waals surface area contributed by atoms with Gasteiger partial charge in [0, 0.05) is 23.1 Å². The second kappa shape index (κ2) is 7.80. The Morgan fingerprint density at radius 3 is 2.24 bits per heavy atom. The quantitative estimate of drug-likeness (QED) is 0.781. The average molecular weight is 332 g/mol. The summed E-state index contributed by atoms with van der Waals surface area (Å²) in [6.45, 7) is 5.99. The third-order valence-electron chi connectivity index (χ3n) is 3.07. The highest BCUT2D eigenvalue weighted by Gasteiger charge is 2.11. The first-order valence-electron chi connectivity index (χ1n) is 7.01. The van der Waals surface area contributed by atoms with Crippen LogP contribution in [0.25, 0.3) is 0 Å². The minimum Gasteiger partial charge on any atom is -0.354 e. The number of halogens is 1. The molecule has 0 aliphatic carbocycles. The Labute approximate surface area is 131 Å². The van der Waals surface area contributed by atoms with Crippen LogP contribution >= 0.6 is 10.7 Å². The molecule has 4 nitrogen and oxygen atoms in total. The number of hydrogen-bond acceptors (Lipinski definition) is 3. The van der Waals surface area contributed by atoms with Gasteiger partial charge in [-0.25, -0.2) is 8.42 Å². The second-order valence-corrected chi connectivity index (χ2v) is 8.25. The average Bonchev–Trinajstić information content (AvgIpc) is 2.34. The number of hydrogen-bond donors (Lipinski definition) is 1. The van der Waals surface area contributed by atoms with Gasteiger partial charge < -0.3 is 5.32 Å². The molecule has 6 heteroatoms. The van der Waals surface area contributed by atoms with Gasteiger partial charge in [-0.2, -0.15) is 0 Å². The van der Waals surface area contributed by atoms with Crippen LogP contribution in [-0.4, -0.2) is 20.4 Å². The Morgan fingerprint density at radius 1 is 1.19 bits per heavy atom. The van der Waals surface area contributed by atoms with Gasteiger partial charge in [0.15, 0.2) is 0 Å². The highest BCUT2D eigenvalue weighted by molar-refractivity contribution is 8.13. The van der Waals surface area contributed by atoms with Crippen molar-refractivity contribution >= 4 is 25.6 Å². The van der Waals surface area contributed by atoms with E-state index in [9.17, 15) is 13.2 Å². The molecule has 0 saturated heterocycles. The molecule has 0 spiro atoms. The van der Waals surface area contributed by atoms with Gasteiger partial charge in [-0.15, -0.1) is 0 Å². The fourth-order valence-electron chi connectivity index (χ4n) is 1.98. The fraction of sp³-hybridized carbons (Fsp3) is 0.533. The molecule has 1 aromatic carbocycles. The molecule has 1 unspecified atom stereocenters. The third-order valence-corrected chi connectivity index (χ3v) is 4.44. The molecule has 1 atom stereocenters. The Morgan fingerprint density at radius 2 is 1.76 bits per heavy atom. The van der Waals surface area contributed by atoms with Crippen LogP contribution in [0.4, 0.5) is 0 Å². The van der Waals surface area contributed by atoms with Crippen LogP contribution in [0.3, 0.4) is 0 Å². The van der Waals surface area contributed by atoms with Crippen molar-refractivity contribution in [2.24, 2.45) is 5.92 Å². The van der Waals surface area contributed by atoms with Crippen molar-refractivity contribution in [3.63, 3.8) is 0 Å². The molecule has 0 fully saturated rings. The summed E-state index contributed by atoms with van der Waals surface area (Å²) in [5.74, 6) is 0.420. The van der Waals surface area contributed by atoms with Crippen LogP contribution < -0.4 is 5.32 Å². The Hall–Kier alpha value is -1.07. The molecule has 0 saturated carbocycles. The number of amides is 1. The molecule has 0 aliphatic heterocycles. The third kappa shape index (κ3) is 6.96. The van der Waals surface area contributed by atoms with E-state index in [-0.39, 0.29) is 16.8 Å². The number of rotatable bonds is 7. The zero-order chi connectivity index (χ0) is 16.0. The van der Waals surface area contributed by atoms with Crippen LogP contribution in [0.5, 0.6) is 0 Å². The molecule has 118 valence electrons. The first kappa shape index (κ1) is 18.0. The van der Waals surface area contributed by atoms with Crippen molar-refractivity contribution in [1.29, 1.82) is 0 Å². The van der Waals surface area contributed by atoms with Crippen LogP contribution in [0, 0.1) is 5.92 Å². The molecular formula is C15H22ClNO3S. The van der Waals surface area contributed by atoms with Crippen LogP contribution in [-0.2, 0) is 20.3 Å². The van der Waals surface area contributed by atoms with E-state index < -0.39 is 9.05 Å². The standard InChI is InChI=1S/C15H22ClNO3S/c1-11(2)10-15(18)17-12(3)4-5-13-6-8-14(9-7-13)21(16,19)20/h6-9,11-12H,4-5,10H2,1-3H3,(H,17,18). The van der Waals surface area contributed by atoms with Gasteiger partial charge in [0.1, 0.15) is 0 Å². The van der Waals surface area contributed by atoms with Crippen molar-refractivity contribution in [1.82, 2.24) is 5.32 Å². The number of carbonyl (C=O) groups excluding carboxylic acids is 1. The number of carbonyl (C=O) groups is 1. The van der Waals surface area contributed by atoms with E-state index in [1.807, 2.05) is 20.8 Å². The minimum absolute atomic E-state index is 0.0704. The first-order chi connectivity index (χ1) is 9.68. The highest BCUT2D eigenvalue weighted by Crippen LogP contribution is 2.16. The van der Waals surface area contributed by atoms with Crippen LogP contribution in [0.2, 0.25) is 0 Å². The van der Waals surface area contributed by atoms with Crippen molar-refractivity contribution in [3.8, 4) is 0 Å². The topological polar surface area (TPSA) is 63.2 Å². The van der Waals surface area contributed by atoms with Gasteiger partial charge in [0.2, 0.25) is 5.91 Å². The zero-order valence-electron chi connectivity index (χ0n) is 12.6. The van der Waals surface area contributed by atoms with Crippen LogP contribution in [0.1, 0.15) is 39.2 Å². The minimum atomic E-state index is -3.66. The molecule has 21 heavy (non-hydrogen) atoms. The summed E-state index contributed by atoms with van der Waals surface area (Å²) in [6.07, 6.45) is 2.11. The maximum atomic E-state index is 11.6. The van der Waals surface area contributed by atoms with E-state index in [1.165, 1.54) is 12.1 Å². The summed E-state index contributed by atoms with van der Waals surface area (Å²) in [5.41, 5.74) is 1.02. The largest absolute Gasteiger partial charge is 0.354 e. The summed E-state index contributed by atoms with van der Waals surface area (Å²) in [4.78, 5) is 11.7. The lowest BCUT2D eigenvalue weighted by Crippen LogP contribution is -2.33. The van der Waals surface area contributed by atoms with E-state index >= 15 is 0 Å². The maximum Gasteiger partial charge on any atom is 0.261 e. The summed E-state index contributed by atoms with van der Waals surface area (Å²) in [7, 11) is 1.60. The molecular weight excluding hydrogens is 310 g/mol. The van der Waals surface area contributed by atoms with Gasteiger partial charge >= 0.3 is 0 Å². The SMILES string of the molecule is CC(C)CC(=O)NC(C)CCc1ccc(S(=O)(=O)Cl)cc1. The Balaban J connectivity index is 2.46. The molecule has 1 amide bonds. The lowest BCUT2D eigenvalue weighted by molar-refractivity contribution is -0.122. The second-order valence-electron chi connectivity index (χ2n) is 5.69. The monoisotopic (exact) mass is 331 g/mol. The lowest BCUT2D eigenvalue weighted by atomic mass is 10.1. The number of benzene rings is 1. The maximum absolute atomic E-state index is 11.6. The lowest BCUT2D eigenvalue weighted by Gasteiger charge is -2.15. The van der Waals surface area contributed by atoms with Gasteiger partial charge in [-0.1, -0.05) is 26.0 Å². The molecule has 1 rings (SSSR count). The molecule has 0 bridgehead atoms. The highest BCUT2D eigenvalue weighted by atomic mass is 35.7. The molecule has 0 aromatic heterocycles. The first-order valence-corrected chi connectivity index (χ1v) is 9.32. The summed E-state index contributed by atoms with van der Waals surface area (Å²) >= 11 is 0. The van der Waals surface area contributed by atoms with Crippen molar-refractivity contribution < 1.29 is 13.2 Å². The van der Waals surface area contributed by atoms with Gasteiger partial charge in [-0.3, -0.25) is 4.79 Å². The van der Waals surface area contributed by atoms with Crippen molar-refractivity contribution in [2.75, 3.05) is 0 Å². The summed E-state index contributed by atoms with van der Waals surface area (Å²) < 4.78 is 22.3. The van der Waals surface area contributed by atoms with Crippen LogP contribution in [0.15, 0.2) is 29.2 Å². The van der Waals surface area contributed by atoms with E-state index in [2.05, 4.69) is 5.32 Å². The normalized spacial score (nSPS) is 13.2. The Kier molecular flexibility index (Phi) is 6.68.